The zero-order valence-corrected chi connectivity index (χ0v) is 16.8. The predicted molar refractivity (Wildman–Crippen MR) is 111 cm³/mol. The fourth-order valence-corrected chi connectivity index (χ4v) is 4.16. The lowest BCUT2D eigenvalue weighted by Gasteiger charge is -2.26. The molecule has 0 spiro atoms. The van der Waals surface area contributed by atoms with Gasteiger partial charge < -0.3 is 19.3 Å². The molecule has 6 nitrogen and oxygen atoms in total. The number of carbonyl (C=O) groups is 2. The van der Waals surface area contributed by atoms with E-state index >= 15 is 0 Å². The molecule has 1 aromatic carbocycles. The molecule has 4 rings (SSSR count). The first-order chi connectivity index (χ1) is 14.0. The summed E-state index contributed by atoms with van der Waals surface area (Å²) in [4.78, 5) is 30.4. The number of hydrogen-bond donors (Lipinski definition) is 1. The van der Waals surface area contributed by atoms with Crippen molar-refractivity contribution < 1.29 is 19.1 Å². The zero-order chi connectivity index (χ0) is 20.5. The highest BCUT2D eigenvalue weighted by Crippen LogP contribution is 2.40. The van der Waals surface area contributed by atoms with E-state index in [0.717, 1.165) is 16.1 Å². The van der Waals surface area contributed by atoms with Crippen molar-refractivity contribution in [3.8, 4) is 0 Å². The molecule has 148 valence electrons. The van der Waals surface area contributed by atoms with E-state index in [1.807, 2.05) is 60.8 Å². The normalized spacial score (nSPS) is 16.6. The van der Waals surface area contributed by atoms with Gasteiger partial charge in [-0.25, -0.2) is 0 Å². The average molecular weight is 408 g/mol. The summed E-state index contributed by atoms with van der Waals surface area (Å²) in [5, 5.41) is 12.6. The van der Waals surface area contributed by atoms with Gasteiger partial charge in [-0.05, 0) is 41.3 Å². The van der Waals surface area contributed by atoms with Gasteiger partial charge in [0.2, 0.25) is 5.78 Å². The van der Waals surface area contributed by atoms with Gasteiger partial charge in [-0.2, -0.15) is 0 Å². The number of furan rings is 1. The van der Waals surface area contributed by atoms with Crippen molar-refractivity contribution in [3.63, 3.8) is 0 Å². The second-order valence-electron chi connectivity index (χ2n) is 6.97. The largest absolute Gasteiger partial charge is 0.503 e. The Bertz CT molecular complexity index is 1050. The van der Waals surface area contributed by atoms with E-state index in [1.54, 1.807) is 6.07 Å². The van der Waals surface area contributed by atoms with Crippen molar-refractivity contribution in [1.82, 2.24) is 4.90 Å². The third-order valence-corrected chi connectivity index (χ3v) is 5.79. The number of carbonyl (C=O) groups excluding carboxylic acids is 2. The lowest BCUT2D eigenvalue weighted by molar-refractivity contribution is -0.130. The monoisotopic (exact) mass is 408 g/mol. The molecule has 0 fully saturated rings. The Kier molecular flexibility index (Phi) is 4.98. The number of aliphatic hydroxyl groups excluding tert-OH is 1. The van der Waals surface area contributed by atoms with Crippen LogP contribution in [0, 0.1) is 0 Å². The molecule has 0 radical (unpaired) electrons. The molecule has 0 bridgehead atoms. The first-order valence-electron chi connectivity index (χ1n) is 9.09. The Morgan fingerprint density at radius 1 is 1.17 bits per heavy atom. The maximum absolute atomic E-state index is 13.1. The molecule has 1 amide bonds. The number of hydrogen-bond acceptors (Lipinski definition) is 6. The highest BCUT2D eigenvalue weighted by molar-refractivity contribution is 7.09. The van der Waals surface area contributed by atoms with Gasteiger partial charge in [0.15, 0.2) is 11.5 Å². The van der Waals surface area contributed by atoms with Crippen LogP contribution in [0.3, 0.4) is 0 Å². The first kappa shape index (κ1) is 19.0. The van der Waals surface area contributed by atoms with Gasteiger partial charge >= 0.3 is 0 Å². The topological polar surface area (TPSA) is 74.0 Å². The van der Waals surface area contributed by atoms with Crippen molar-refractivity contribution in [2.75, 3.05) is 19.0 Å². The van der Waals surface area contributed by atoms with Gasteiger partial charge in [0.1, 0.15) is 0 Å². The Labute approximate surface area is 172 Å². The molecule has 0 saturated carbocycles. The third kappa shape index (κ3) is 3.45. The number of amides is 1. The summed E-state index contributed by atoms with van der Waals surface area (Å²) in [7, 11) is 3.88. The number of Topliss-reactive ketones (excluding diaryl/α,β-unsaturated/α-hetero) is 1. The molecule has 1 unspecified atom stereocenters. The average Bonchev–Trinajstić information content (AvgIpc) is 3.46. The lowest BCUT2D eigenvalue weighted by atomic mass is 9.95. The van der Waals surface area contributed by atoms with Crippen molar-refractivity contribution >= 4 is 28.7 Å². The summed E-state index contributed by atoms with van der Waals surface area (Å²) < 4.78 is 5.24. The second-order valence-corrected chi connectivity index (χ2v) is 8.00. The van der Waals surface area contributed by atoms with Crippen molar-refractivity contribution in [2.45, 2.75) is 12.6 Å². The second kappa shape index (κ2) is 7.60. The number of aliphatic hydroxyl groups is 1. The van der Waals surface area contributed by atoms with Gasteiger partial charge in [0.05, 0.1) is 24.4 Å². The first-order valence-corrected chi connectivity index (χ1v) is 9.97. The summed E-state index contributed by atoms with van der Waals surface area (Å²) in [6, 6.07) is 13.9. The molecule has 1 N–H and O–H groups in total. The molecular formula is C22H20N2O4S. The van der Waals surface area contributed by atoms with Gasteiger partial charge in [-0.1, -0.05) is 18.2 Å². The van der Waals surface area contributed by atoms with Gasteiger partial charge in [-0.3, -0.25) is 9.59 Å². The van der Waals surface area contributed by atoms with Crippen LogP contribution in [-0.4, -0.2) is 35.8 Å². The van der Waals surface area contributed by atoms with E-state index < -0.39 is 23.5 Å². The Morgan fingerprint density at radius 2 is 1.93 bits per heavy atom. The van der Waals surface area contributed by atoms with Crippen LogP contribution < -0.4 is 4.90 Å². The van der Waals surface area contributed by atoms with Crippen molar-refractivity contribution in [1.29, 1.82) is 0 Å². The number of nitrogens with zero attached hydrogens (tertiary/aromatic N) is 2. The van der Waals surface area contributed by atoms with Gasteiger partial charge in [0.25, 0.3) is 5.91 Å². The zero-order valence-electron chi connectivity index (χ0n) is 16.0. The van der Waals surface area contributed by atoms with E-state index in [4.69, 9.17) is 4.42 Å². The standard InChI is InChI=1S/C22H20N2O4S/c1-23(2)15-9-7-14(8-10-15)19-18(20(25)17-6-3-11-28-17)21(26)22(27)24(19)13-16-5-4-12-29-16/h3-12,19,26H,13H2,1-2H3. The van der Waals surface area contributed by atoms with Crippen LogP contribution in [0.4, 0.5) is 5.69 Å². The van der Waals surface area contributed by atoms with Gasteiger partial charge in [-0.15, -0.1) is 11.3 Å². The summed E-state index contributed by atoms with van der Waals surface area (Å²) in [6.07, 6.45) is 1.39. The van der Waals surface area contributed by atoms with Crippen LogP contribution in [0.5, 0.6) is 0 Å². The Hall–Kier alpha value is -3.32. The minimum absolute atomic E-state index is 0.0408. The maximum Gasteiger partial charge on any atom is 0.290 e. The smallest absolute Gasteiger partial charge is 0.290 e. The molecule has 29 heavy (non-hydrogen) atoms. The van der Waals surface area contributed by atoms with Crippen molar-refractivity contribution in [3.05, 3.63) is 87.7 Å². The maximum atomic E-state index is 13.1. The quantitative estimate of drug-likeness (QED) is 0.619. The molecule has 1 atom stereocenters. The number of thiophene rings is 1. The molecule has 0 aliphatic carbocycles. The SMILES string of the molecule is CN(C)c1ccc(C2C(C(=O)c3ccco3)=C(O)C(=O)N2Cc2cccs2)cc1. The fourth-order valence-electron chi connectivity index (χ4n) is 3.46. The van der Waals surface area contributed by atoms with Crippen LogP contribution >= 0.6 is 11.3 Å². The molecule has 1 aliphatic heterocycles. The number of rotatable bonds is 6. The molecule has 0 saturated heterocycles. The van der Waals surface area contributed by atoms with E-state index in [2.05, 4.69) is 0 Å². The van der Waals surface area contributed by atoms with E-state index in [9.17, 15) is 14.7 Å². The Balaban J connectivity index is 1.78. The minimum Gasteiger partial charge on any atom is -0.503 e. The van der Waals surface area contributed by atoms with E-state index in [-0.39, 0.29) is 11.3 Å². The Morgan fingerprint density at radius 3 is 2.52 bits per heavy atom. The molecule has 3 aromatic rings. The summed E-state index contributed by atoms with van der Waals surface area (Å²) in [6.45, 7) is 0.301. The van der Waals surface area contributed by atoms with Crippen LogP contribution in [0.1, 0.15) is 27.0 Å². The minimum atomic E-state index is -0.696. The molecule has 1 aliphatic rings. The molecule has 7 heteroatoms. The summed E-state index contributed by atoms with van der Waals surface area (Å²) in [5.74, 6) is -1.48. The van der Waals surface area contributed by atoms with E-state index in [0.29, 0.717) is 6.54 Å². The predicted octanol–water partition coefficient (Wildman–Crippen LogP) is 4.19. The van der Waals surface area contributed by atoms with Crippen LogP contribution in [0.2, 0.25) is 0 Å². The van der Waals surface area contributed by atoms with E-state index in [1.165, 1.54) is 28.6 Å². The van der Waals surface area contributed by atoms with Crippen molar-refractivity contribution in [2.24, 2.45) is 0 Å². The summed E-state index contributed by atoms with van der Waals surface area (Å²) >= 11 is 1.52. The number of ketones is 1. The molecular weight excluding hydrogens is 388 g/mol. The van der Waals surface area contributed by atoms with Crippen LogP contribution in [-0.2, 0) is 11.3 Å². The summed E-state index contributed by atoms with van der Waals surface area (Å²) in [5.41, 5.74) is 1.79. The highest BCUT2D eigenvalue weighted by atomic mass is 32.1. The van der Waals surface area contributed by atoms with Crippen LogP contribution in [0.25, 0.3) is 0 Å². The molecule has 3 heterocycles. The van der Waals surface area contributed by atoms with Crippen LogP contribution in [0.15, 0.2) is 75.9 Å². The lowest BCUT2D eigenvalue weighted by Crippen LogP contribution is -2.30. The van der Waals surface area contributed by atoms with Gasteiger partial charge in [0, 0.05) is 24.7 Å². The number of anilines is 1. The molecule has 2 aromatic heterocycles. The fraction of sp³-hybridized carbons (Fsp3) is 0.182. The third-order valence-electron chi connectivity index (χ3n) is 4.92. The highest BCUT2D eigenvalue weighted by Gasteiger charge is 2.44. The number of benzene rings is 1.